The van der Waals surface area contributed by atoms with E-state index in [4.69, 9.17) is 9.47 Å². The summed E-state index contributed by atoms with van der Waals surface area (Å²) in [7, 11) is -4.65. The number of amides is 2. The first-order chi connectivity index (χ1) is 29.4. The van der Waals surface area contributed by atoms with E-state index in [0.717, 1.165) is 51.4 Å². The van der Waals surface area contributed by atoms with E-state index in [0.29, 0.717) is 51.1 Å². The normalized spacial score (nSPS) is 34.5. The van der Waals surface area contributed by atoms with Crippen molar-refractivity contribution >= 4 is 34.0 Å². The van der Waals surface area contributed by atoms with Crippen LogP contribution in [0, 0.1) is 29.6 Å². The van der Waals surface area contributed by atoms with Crippen LogP contribution in [0.2, 0.25) is 0 Å². The topological polar surface area (TPSA) is 241 Å². The largest absolute Gasteiger partial charge is 1.00 e. The Hall–Kier alpha value is 0.520. The van der Waals surface area contributed by atoms with Crippen molar-refractivity contribution in [2.24, 2.45) is 39.8 Å². The fraction of sp³-hybridized carbons (Fsp3) is 0.953. The van der Waals surface area contributed by atoms with Gasteiger partial charge in [0.2, 0.25) is 11.8 Å². The molecule has 12 atom stereocenters. The fourth-order valence-electron chi connectivity index (χ4n) is 11.2. The molecule has 63 heavy (non-hydrogen) atoms. The molecule has 352 valence electrons. The number of hydrogen-bond donors (Lipinski definition) is 4. The number of nitrogens with zero attached hydrogens (tertiary/aromatic N) is 2. The number of aliphatic hydroxyl groups is 2. The first-order valence-corrected chi connectivity index (χ1v) is 25.8. The number of unbranched alkanes of at least 4 members (excludes halogenated alkanes) is 9. The van der Waals surface area contributed by atoms with Crippen molar-refractivity contribution in [2.75, 3.05) is 19.8 Å². The Morgan fingerprint density at radius 3 is 2.06 bits per heavy atom. The van der Waals surface area contributed by atoms with Crippen LogP contribution >= 0.6 is 12.0 Å². The van der Waals surface area contributed by atoms with Gasteiger partial charge in [0.15, 0.2) is 0 Å². The Kier molecular flexibility index (Phi) is 27.7. The monoisotopic (exact) mass is 948 g/mol. The molecule has 5 aliphatic rings. The van der Waals surface area contributed by atoms with Crippen LogP contribution in [-0.2, 0) is 38.6 Å². The van der Waals surface area contributed by atoms with Gasteiger partial charge in [-0.05, 0) is 88.4 Å². The minimum absolute atomic E-state index is 0. The van der Waals surface area contributed by atoms with Crippen LogP contribution in [0.5, 0.6) is 0 Å². The van der Waals surface area contributed by atoms with Crippen molar-refractivity contribution in [3.05, 3.63) is 0 Å². The summed E-state index contributed by atoms with van der Waals surface area (Å²) in [5.74, 6) is -1.65. The summed E-state index contributed by atoms with van der Waals surface area (Å²) in [6.45, 7) is 5.02. The molecule has 5 saturated carbocycles. The van der Waals surface area contributed by atoms with E-state index in [1.807, 2.05) is 0 Å². The van der Waals surface area contributed by atoms with Gasteiger partial charge in [-0.15, -0.1) is 0 Å². The van der Waals surface area contributed by atoms with Crippen molar-refractivity contribution in [1.29, 1.82) is 0 Å². The second-order valence-corrected chi connectivity index (χ2v) is 21.2. The first-order valence-electron chi connectivity index (χ1n) is 23.5. The Bertz CT molecular complexity index is 1470. The predicted molar refractivity (Wildman–Crippen MR) is 226 cm³/mol. The maximum absolute atomic E-state index is 13.4. The molecule has 4 N–H and O–H groups in total. The van der Waals surface area contributed by atoms with Crippen molar-refractivity contribution in [2.45, 2.75) is 208 Å². The van der Waals surface area contributed by atoms with Gasteiger partial charge in [-0.2, -0.15) is 14.6 Å². The molecular weight excluding hydrogens is 875 g/mol. The number of carbonyl (C=O) groups excluding carboxylic acids is 2. The van der Waals surface area contributed by atoms with Gasteiger partial charge in [0.05, 0.1) is 70.2 Å². The Morgan fingerprint density at radius 1 is 0.794 bits per heavy atom. The van der Waals surface area contributed by atoms with Crippen LogP contribution < -0.4 is 75.0 Å². The van der Waals surface area contributed by atoms with Gasteiger partial charge >= 0.3 is 59.1 Å². The standard InChI is InChI=1S/C43H76N4O12S2.2Na/c1-3-4-5-6-7-8-9-10-11-14-21-44-43(51)35-27-37(33-15-12-13-16-34(33)41(35)49)57-23-22-56-31-19-17-30(18-20-31)46-47-40-38(60-59-58-52)25-29-24-32(61(53,54)55)26-36(45-28(2)48)39(29)42(40)50;;/h29-42,49-50,52H,3-27H2,1-2H3,(H,44,51)(H,45,48)(H,53,54,55);;/q;2*+1/p-2. The van der Waals surface area contributed by atoms with Crippen LogP contribution in [0.1, 0.15) is 155 Å². The Balaban J connectivity index is 0.00000528. The Labute approximate surface area is 424 Å². The summed E-state index contributed by atoms with van der Waals surface area (Å²) >= 11 is 0.685. The van der Waals surface area contributed by atoms with Gasteiger partial charge in [-0.1, -0.05) is 77.6 Å². The molecule has 0 aromatic heterocycles. The number of hydrogen-bond acceptors (Lipinski definition) is 15. The molecule has 0 aromatic carbocycles. The molecule has 5 rings (SSSR count). The molecule has 5 fully saturated rings. The molecule has 20 heteroatoms. The zero-order valence-electron chi connectivity index (χ0n) is 38.4. The first kappa shape index (κ1) is 57.8. The zero-order valence-corrected chi connectivity index (χ0v) is 44.1. The van der Waals surface area contributed by atoms with Gasteiger partial charge in [0.1, 0.15) is 6.04 Å². The molecule has 12 unspecified atom stereocenters. The van der Waals surface area contributed by atoms with E-state index < -0.39 is 68.6 Å². The average molecular weight is 949 g/mol. The predicted octanol–water partition coefficient (Wildman–Crippen LogP) is -0.798. The minimum atomic E-state index is -4.65. The number of nitrogens with one attached hydrogen (secondary N) is 2. The maximum Gasteiger partial charge on any atom is 1.00 e. The van der Waals surface area contributed by atoms with E-state index in [2.05, 4.69) is 37.2 Å². The van der Waals surface area contributed by atoms with Crippen LogP contribution in [-0.4, -0.2) is 108 Å². The minimum Gasteiger partial charge on any atom is -0.748 e. The molecule has 2 amide bonds. The maximum atomic E-state index is 13.4. The summed E-state index contributed by atoms with van der Waals surface area (Å²) in [5, 5.41) is 50.5. The van der Waals surface area contributed by atoms with E-state index in [1.165, 1.54) is 58.3 Å². The van der Waals surface area contributed by atoms with Crippen molar-refractivity contribution < 1.29 is 116 Å². The number of fused-ring (bicyclic) bond motifs is 2. The number of carbonyl (C=O) groups is 2. The van der Waals surface area contributed by atoms with Crippen LogP contribution in [0.3, 0.4) is 0 Å². The molecule has 0 bridgehead atoms. The summed E-state index contributed by atoms with van der Waals surface area (Å²) in [5.41, 5.74) is 0. The molecule has 0 saturated heterocycles. The molecule has 0 heterocycles. The third-order valence-corrected chi connectivity index (χ3v) is 16.4. The van der Waals surface area contributed by atoms with E-state index in [9.17, 15) is 38.0 Å². The van der Waals surface area contributed by atoms with E-state index in [-0.39, 0.29) is 114 Å². The number of azo groups is 1. The SMILES string of the molecule is CCCCCCCCCCCCNC(=O)C1CC(OCCOC2CCC(N=NC3C(SOO[O-])CC4CC(S(=O)(=O)[O-])CC(NC(C)=O)C4C3O)CC2)C2CCCCC2C1O.[Na+].[Na+]. The number of ether oxygens (including phenoxy) is 2. The summed E-state index contributed by atoms with van der Waals surface area (Å²) in [6.07, 6.45) is 18.2. The van der Waals surface area contributed by atoms with Crippen LogP contribution in [0.15, 0.2) is 10.2 Å². The molecule has 0 radical (unpaired) electrons. The van der Waals surface area contributed by atoms with E-state index in [1.54, 1.807) is 0 Å². The van der Waals surface area contributed by atoms with Crippen molar-refractivity contribution in [1.82, 2.24) is 10.6 Å². The third kappa shape index (κ3) is 18.1. The molecular formula is C43H74N4Na2O12S2. The zero-order chi connectivity index (χ0) is 43.8. The number of aliphatic hydroxyl groups excluding tert-OH is 2. The molecule has 0 spiro atoms. The van der Waals surface area contributed by atoms with E-state index >= 15 is 0 Å². The smallest absolute Gasteiger partial charge is 0.748 e. The second-order valence-electron chi connectivity index (χ2n) is 18.6. The molecule has 0 aromatic rings. The van der Waals surface area contributed by atoms with Gasteiger partial charge < -0.3 is 40.1 Å². The van der Waals surface area contributed by atoms with Gasteiger partial charge in [-0.25, -0.2) is 8.42 Å². The van der Waals surface area contributed by atoms with Gasteiger partial charge in [0, 0.05) is 37.5 Å². The van der Waals surface area contributed by atoms with Crippen LogP contribution in [0.4, 0.5) is 0 Å². The summed E-state index contributed by atoms with van der Waals surface area (Å²) < 4.78 is 53.4. The number of rotatable bonds is 24. The second kappa shape index (κ2) is 30.2. The summed E-state index contributed by atoms with van der Waals surface area (Å²) in [4.78, 5) is 25.4. The quantitative estimate of drug-likeness (QED) is 0.0177. The van der Waals surface area contributed by atoms with Gasteiger partial charge in [0.25, 0.3) is 0 Å². The molecule has 5 aliphatic carbocycles. The molecule has 0 aliphatic heterocycles. The average Bonchev–Trinajstić information content (AvgIpc) is 3.23. The van der Waals surface area contributed by atoms with Crippen LogP contribution in [0.25, 0.3) is 0 Å². The van der Waals surface area contributed by atoms with Gasteiger partial charge in [-0.3, -0.25) is 14.6 Å². The van der Waals surface area contributed by atoms with Crippen molar-refractivity contribution in [3.63, 3.8) is 0 Å². The fourth-order valence-corrected chi connectivity index (χ4v) is 12.9. The van der Waals surface area contributed by atoms with Crippen molar-refractivity contribution in [3.8, 4) is 0 Å². The third-order valence-electron chi connectivity index (χ3n) is 14.4. The Morgan fingerprint density at radius 2 is 1.43 bits per heavy atom. The molecule has 16 nitrogen and oxygen atoms in total. The summed E-state index contributed by atoms with van der Waals surface area (Å²) in [6, 6.07) is -1.71.